The zero-order chi connectivity index (χ0) is 12.3. The van der Waals surface area contributed by atoms with E-state index in [2.05, 4.69) is 17.2 Å². The standard InChI is InChI=1S/C13H19N3S/c1-9-4-6-10(7-5-9)16-13-11(12(14)17)3-2-8-15-13/h2-3,8-10H,4-7H2,1H3,(H2,14,17)(H,15,16). The first-order valence-electron chi connectivity index (χ1n) is 6.18. The fourth-order valence-corrected chi connectivity index (χ4v) is 2.48. The van der Waals surface area contributed by atoms with E-state index in [1.807, 2.05) is 12.1 Å². The van der Waals surface area contributed by atoms with Gasteiger partial charge < -0.3 is 11.1 Å². The molecule has 3 nitrogen and oxygen atoms in total. The van der Waals surface area contributed by atoms with Crippen LogP contribution in [0.25, 0.3) is 0 Å². The van der Waals surface area contributed by atoms with E-state index in [1.54, 1.807) is 6.20 Å². The van der Waals surface area contributed by atoms with Crippen molar-refractivity contribution in [2.24, 2.45) is 11.7 Å². The van der Waals surface area contributed by atoms with Crippen molar-refractivity contribution in [3.05, 3.63) is 23.9 Å². The molecule has 1 aromatic rings. The van der Waals surface area contributed by atoms with E-state index in [-0.39, 0.29) is 0 Å². The average Bonchev–Trinajstić information content (AvgIpc) is 2.32. The molecule has 4 heteroatoms. The summed E-state index contributed by atoms with van der Waals surface area (Å²) in [5.41, 5.74) is 6.54. The Balaban J connectivity index is 2.05. The normalized spacial score (nSPS) is 24.3. The van der Waals surface area contributed by atoms with Gasteiger partial charge in [0.05, 0.1) is 5.56 Å². The fourth-order valence-electron chi connectivity index (χ4n) is 2.32. The van der Waals surface area contributed by atoms with E-state index >= 15 is 0 Å². The number of pyridine rings is 1. The van der Waals surface area contributed by atoms with Gasteiger partial charge in [0.15, 0.2) is 0 Å². The van der Waals surface area contributed by atoms with Crippen LogP contribution in [0.3, 0.4) is 0 Å². The lowest BCUT2D eigenvalue weighted by Crippen LogP contribution is -2.27. The molecule has 0 unspecified atom stereocenters. The lowest BCUT2D eigenvalue weighted by Gasteiger charge is -2.27. The predicted molar refractivity (Wildman–Crippen MR) is 75.2 cm³/mol. The second-order valence-corrected chi connectivity index (χ2v) is 5.30. The van der Waals surface area contributed by atoms with E-state index in [9.17, 15) is 0 Å². The van der Waals surface area contributed by atoms with Gasteiger partial charge in [-0.15, -0.1) is 0 Å². The van der Waals surface area contributed by atoms with E-state index in [0.717, 1.165) is 17.3 Å². The van der Waals surface area contributed by atoms with Crippen molar-refractivity contribution in [1.29, 1.82) is 0 Å². The van der Waals surface area contributed by atoms with Crippen LogP contribution in [0, 0.1) is 5.92 Å². The molecule has 0 aliphatic heterocycles. The highest BCUT2D eigenvalue weighted by Gasteiger charge is 2.19. The minimum Gasteiger partial charge on any atom is -0.389 e. The molecule has 0 amide bonds. The summed E-state index contributed by atoms with van der Waals surface area (Å²) in [7, 11) is 0. The molecule has 1 aliphatic rings. The molecule has 1 aromatic heterocycles. The number of anilines is 1. The van der Waals surface area contributed by atoms with Gasteiger partial charge in [-0.3, -0.25) is 0 Å². The van der Waals surface area contributed by atoms with Gasteiger partial charge in [-0.25, -0.2) is 4.98 Å². The van der Waals surface area contributed by atoms with Crippen LogP contribution in [-0.4, -0.2) is 16.0 Å². The minimum absolute atomic E-state index is 0.407. The third kappa shape index (κ3) is 3.16. The predicted octanol–water partition coefficient (Wildman–Crippen LogP) is 2.71. The maximum Gasteiger partial charge on any atom is 0.136 e. The minimum atomic E-state index is 0.407. The molecule has 0 radical (unpaired) electrons. The van der Waals surface area contributed by atoms with Crippen molar-refractivity contribution < 1.29 is 0 Å². The van der Waals surface area contributed by atoms with Crippen molar-refractivity contribution in [2.45, 2.75) is 38.6 Å². The molecule has 3 N–H and O–H groups in total. The molecule has 1 fully saturated rings. The number of thiocarbonyl (C=S) groups is 1. The van der Waals surface area contributed by atoms with Crippen LogP contribution in [-0.2, 0) is 0 Å². The fraction of sp³-hybridized carbons (Fsp3) is 0.538. The Bertz CT molecular complexity index is 397. The molecule has 0 atom stereocenters. The van der Waals surface area contributed by atoms with Gasteiger partial charge in [0.2, 0.25) is 0 Å². The van der Waals surface area contributed by atoms with Gasteiger partial charge in [0.25, 0.3) is 0 Å². The van der Waals surface area contributed by atoms with Crippen LogP contribution in [0.2, 0.25) is 0 Å². The van der Waals surface area contributed by atoms with E-state index in [0.29, 0.717) is 11.0 Å². The van der Waals surface area contributed by atoms with Crippen LogP contribution >= 0.6 is 12.2 Å². The Morgan fingerprint density at radius 1 is 1.41 bits per heavy atom. The number of aromatic nitrogens is 1. The van der Waals surface area contributed by atoms with E-state index in [1.165, 1.54) is 25.7 Å². The Morgan fingerprint density at radius 2 is 2.12 bits per heavy atom. The van der Waals surface area contributed by atoms with Gasteiger partial charge in [-0.2, -0.15) is 0 Å². The maximum absolute atomic E-state index is 5.69. The molecule has 0 aromatic carbocycles. The third-order valence-corrected chi connectivity index (χ3v) is 3.65. The first-order chi connectivity index (χ1) is 8.16. The molecule has 17 heavy (non-hydrogen) atoms. The van der Waals surface area contributed by atoms with Gasteiger partial charge in [0, 0.05) is 12.2 Å². The molecule has 2 rings (SSSR count). The Labute approximate surface area is 108 Å². The zero-order valence-corrected chi connectivity index (χ0v) is 11.0. The van der Waals surface area contributed by atoms with Crippen molar-refractivity contribution in [3.63, 3.8) is 0 Å². The average molecular weight is 249 g/mol. The third-order valence-electron chi connectivity index (χ3n) is 3.43. The maximum atomic E-state index is 5.69. The summed E-state index contributed by atoms with van der Waals surface area (Å²) in [6, 6.07) is 4.29. The smallest absolute Gasteiger partial charge is 0.136 e. The molecule has 92 valence electrons. The Morgan fingerprint density at radius 3 is 2.76 bits per heavy atom. The Hall–Kier alpha value is -1.16. The lowest BCUT2D eigenvalue weighted by molar-refractivity contribution is 0.361. The molecule has 0 spiro atoms. The monoisotopic (exact) mass is 249 g/mol. The summed E-state index contributed by atoms with van der Waals surface area (Å²) in [5.74, 6) is 1.69. The molecular weight excluding hydrogens is 230 g/mol. The Kier molecular flexibility index (Phi) is 3.94. The van der Waals surface area contributed by atoms with Crippen LogP contribution < -0.4 is 11.1 Å². The van der Waals surface area contributed by atoms with Crippen molar-refractivity contribution in [2.75, 3.05) is 5.32 Å². The molecular formula is C13H19N3S. The van der Waals surface area contributed by atoms with Gasteiger partial charge in [-0.05, 0) is 43.7 Å². The summed E-state index contributed by atoms with van der Waals surface area (Å²) in [5, 5.41) is 3.47. The summed E-state index contributed by atoms with van der Waals surface area (Å²) in [6.07, 6.45) is 6.75. The number of hydrogen-bond donors (Lipinski definition) is 2. The quantitative estimate of drug-likeness (QED) is 0.809. The van der Waals surface area contributed by atoms with Crippen molar-refractivity contribution in [3.8, 4) is 0 Å². The highest BCUT2D eigenvalue weighted by Crippen LogP contribution is 2.26. The first kappa shape index (κ1) is 12.3. The number of rotatable bonds is 3. The van der Waals surface area contributed by atoms with Crippen LogP contribution in [0.5, 0.6) is 0 Å². The second-order valence-electron chi connectivity index (χ2n) is 4.86. The molecule has 1 heterocycles. The molecule has 0 bridgehead atoms. The SMILES string of the molecule is CC1CCC(Nc2ncccc2C(N)=S)CC1. The number of nitrogens with one attached hydrogen (secondary N) is 1. The summed E-state index contributed by atoms with van der Waals surface area (Å²) < 4.78 is 0. The number of nitrogens with zero attached hydrogens (tertiary/aromatic N) is 1. The highest BCUT2D eigenvalue weighted by molar-refractivity contribution is 7.80. The van der Waals surface area contributed by atoms with E-state index in [4.69, 9.17) is 18.0 Å². The molecule has 0 saturated heterocycles. The largest absolute Gasteiger partial charge is 0.389 e. The lowest BCUT2D eigenvalue weighted by atomic mass is 9.87. The van der Waals surface area contributed by atoms with Gasteiger partial charge in [0.1, 0.15) is 10.8 Å². The van der Waals surface area contributed by atoms with Crippen molar-refractivity contribution in [1.82, 2.24) is 4.98 Å². The number of hydrogen-bond acceptors (Lipinski definition) is 3. The first-order valence-corrected chi connectivity index (χ1v) is 6.59. The second kappa shape index (κ2) is 5.45. The number of nitrogens with two attached hydrogens (primary N) is 1. The van der Waals surface area contributed by atoms with Crippen LogP contribution in [0.1, 0.15) is 38.2 Å². The van der Waals surface area contributed by atoms with Crippen molar-refractivity contribution >= 4 is 23.0 Å². The summed E-state index contributed by atoms with van der Waals surface area (Å²) in [6.45, 7) is 2.32. The summed E-state index contributed by atoms with van der Waals surface area (Å²) >= 11 is 5.03. The van der Waals surface area contributed by atoms with Gasteiger partial charge >= 0.3 is 0 Å². The highest BCUT2D eigenvalue weighted by atomic mass is 32.1. The summed E-state index contributed by atoms with van der Waals surface area (Å²) in [4.78, 5) is 4.74. The topological polar surface area (TPSA) is 50.9 Å². The van der Waals surface area contributed by atoms with Crippen LogP contribution in [0.15, 0.2) is 18.3 Å². The van der Waals surface area contributed by atoms with E-state index < -0.39 is 0 Å². The molecule has 1 aliphatic carbocycles. The van der Waals surface area contributed by atoms with Gasteiger partial charge in [-0.1, -0.05) is 19.1 Å². The molecule has 1 saturated carbocycles. The van der Waals surface area contributed by atoms with Crippen LogP contribution in [0.4, 0.5) is 5.82 Å². The zero-order valence-electron chi connectivity index (χ0n) is 10.1.